The van der Waals surface area contributed by atoms with Gasteiger partial charge in [0, 0.05) is 23.2 Å². The number of unbranched alkanes of at least 4 members (excludes halogenated alkanes) is 1. The van der Waals surface area contributed by atoms with Crippen LogP contribution >= 0.6 is 12.4 Å². The van der Waals surface area contributed by atoms with Crippen LogP contribution in [0, 0.1) is 28.6 Å². The quantitative estimate of drug-likeness (QED) is 0.343. The Hall–Kier alpha value is -1.61. The van der Waals surface area contributed by atoms with E-state index >= 15 is 4.39 Å². The van der Waals surface area contributed by atoms with Crippen molar-refractivity contribution < 1.29 is 33.7 Å². The molecule has 0 saturated heterocycles. The van der Waals surface area contributed by atoms with Gasteiger partial charge in [0.05, 0.1) is 6.10 Å². The van der Waals surface area contributed by atoms with Gasteiger partial charge in [-0.05, 0) is 76.0 Å². The number of hydrogen-bond donors (Lipinski definition) is 3. The van der Waals surface area contributed by atoms with Gasteiger partial charge < -0.3 is 20.7 Å². The smallest absolute Gasteiger partial charge is 0.306 e. The minimum atomic E-state index is -2.03. The Morgan fingerprint density at radius 2 is 1.94 bits per heavy atom. The minimum Gasteiger partial charge on any atom is -0.458 e. The zero-order valence-corrected chi connectivity index (χ0v) is 22.1. The second-order valence-electron chi connectivity index (χ2n) is 11.5. The number of halogens is 2. The first-order chi connectivity index (χ1) is 16.4. The number of allylic oxidation sites excluding steroid dienone is 4. The Kier molecular flexibility index (Phi) is 7.99. The zero-order chi connectivity index (χ0) is 25.8. The number of hydrogen-bond acceptors (Lipinski definition) is 7. The average Bonchev–Trinajstić information content (AvgIpc) is 3.00. The molecule has 4 rings (SSSR count). The molecule has 7 nitrogen and oxygen atoms in total. The molecule has 0 radical (unpaired) electrons. The first-order valence-electron chi connectivity index (χ1n) is 12.8. The standard InChI is InChI=1S/C27H38FNO6.ClH/c1-16-12-20-19-8-7-17-13-18(30)9-10-24(17,2)26(19,28)21(31)14-25(20,3)27(16,34)22(32)15-35-23(33)6-4-5-11-29;/h9-10,13,16,19-21,31,34H,4-8,11-12,14-15,29H2,1-3H3;1H/t16-,19+,20+,21+,24+,25+,26+,27+;/m1./s1. The second kappa shape index (κ2) is 9.93. The molecule has 4 aliphatic rings. The molecule has 0 aromatic heterocycles. The van der Waals surface area contributed by atoms with Gasteiger partial charge in [-0.1, -0.05) is 25.5 Å². The molecule has 0 heterocycles. The lowest BCUT2D eigenvalue weighted by molar-refractivity contribution is -0.220. The van der Waals surface area contributed by atoms with Crippen molar-refractivity contribution in [3.63, 3.8) is 0 Å². The molecule has 0 aromatic rings. The summed E-state index contributed by atoms with van der Waals surface area (Å²) in [4.78, 5) is 37.4. The second-order valence-corrected chi connectivity index (χ2v) is 11.5. The summed E-state index contributed by atoms with van der Waals surface area (Å²) in [5.74, 6) is -2.76. The van der Waals surface area contributed by atoms with Gasteiger partial charge in [0.15, 0.2) is 18.1 Å². The van der Waals surface area contributed by atoms with Crippen LogP contribution in [-0.4, -0.2) is 58.3 Å². The van der Waals surface area contributed by atoms with Crippen LogP contribution in [0.3, 0.4) is 0 Å². The Labute approximate surface area is 218 Å². The summed E-state index contributed by atoms with van der Waals surface area (Å²) in [6.45, 7) is 5.18. The molecule has 8 atom stereocenters. The summed E-state index contributed by atoms with van der Waals surface area (Å²) >= 11 is 0. The first-order valence-corrected chi connectivity index (χ1v) is 12.8. The molecule has 0 aromatic carbocycles. The molecule has 3 saturated carbocycles. The molecule has 0 amide bonds. The van der Waals surface area contributed by atoms with Crippen LogP contribution in [0.5, 0.6) is 0 Å². The number of aliphatic hydroxyl groups excluding tert-OH is 1. The molecule has 0 unspecified atom stereocenters. The van der Waals surface area contributed by atoms with Gasteiger partial charge >= 0.3 is 5.97 Å². The van der Waals surface area contributed by atoms with Gasteiger partial charge in [-0.2, -0.15) is 0 Å². The van der Waals surface area contributed by atoms with Crippen molar-refractivity contribution in [2.45, 2.75) is 83.1 Å². The molecule has 3 fully saturated rings. The van der Waals surface area contributed by atoms with Gasteiger partial charge in [0.2, 0.25) is 5.78 Å². The number of ether oxygens (including phenoxy) is 1. The largest absolute Gasteiger partial charge is 0.458 e. The van der Waals surface area contributed by atoms with Crippen molar-refractivity contribution >= 4 is 29.9 Å². The summed E-state index contributed by atoms with van der Waals surface area (Å²) in [5.41, 5.74) is 0.0342. The van der Waals surface area contributed by atoms with E-state index in [9.17, 15) is 24.6 Å². The van der Waals surface area contributed by atoms with Gasteiger partial charge in [0.25, 0.3) is 0 Å². The summed E-state index contributed by atoms with van der Waals surface area (Å²) in [6, 6.07) is 0. The van der Waals surface area contributed by atoms with Gasteiger partial charge in [-0.15, -0.1) is 12.4 Å². The van der Waals surface area contributed by atoms with Crippen LogP contribution in [0.1, 0.15) is 65.7 Å². The predicted octanol–water partition coefficient (Wildman–Crippen LogP) is 3.00. The van der Waals surface area contributed by atoms with E-state index in [1.54, 1.807) is 26.8 Å². The lowest BCUT2D eigenvalue weighted by Gasteiger charge is -2.62. The highest BCUT2D eigenvalue weighted by atomic mass is 35.5. The predicted molar refractivity (Wildman–Crippen MR) is 134 cm³/mol. The number of Topliss-reactive ketones (excluding diaryl/α,β-unsaturated/α-hetero) is 1. The maximum atomic E-state index is 17.1. The SMILES string of the molecule is C[C@@H]1C[C@H]2[C@@H]3CCC4=CC(=O)C=C[C@]4(C)[C@@]3(F)[C@@H](O)C[C@]2(C)[C@@]1(O)C(=O)COC(=O)CCCCN.Cl. The van der Waals surface area contributed by atoms with Crippen molar-refractivity contribution in [2.75, 3.05) is 13.2 Å². The molecule has 4 N–H and O–H groups in total. The monoisotopic (exact) mass is 527 g/mol. The summed E-state index contributed by atoms with van der Waals surface area (Å²) < 4.78 is 22.3. The summed E-state index contributed by atoms with van der Waals surface area (Å²) in [6.07, 6.45) is 5.63. The molecule has 202 valence electrons. The number of carbonyl (C=O) groups is 3. The number of alkyl halides is 1. The summed E-state index contributed by atoms with van der Waals surface area (Å²) in [7, 11) is 0. The molecule has 0 spiro atoms. The Morgan fingerprint density at radius 1 is 1.25 bits per heavy atom. The topological polar surface area (TPSA) is 127 Å². The fourth-order valence-corrected chi connectivity index (χ4v) is 7.88. The lowest BCUT2D eigenvalue weighted by Crippen LogP contribution is -2.69. The van der Waals surface area contributed by atoms with Crippen molar-refractivity contribution in [3.05, 3.63) is 23.8 Å². The first kappa shape index (κ1) is 29.0. The third-order valence-corrected chi connectivity index (χ3v) is 9.85. The third kappa shape index (κ3) is 3.91. The molecule has 0 aliphatic heterocycles. The molecular formula is C27H39ClFNO6. The van der Waals surface area contributed by atoms with Crippen LogP contribution < -0.4 is 5.73 Å². The zero-order valence-electron chi connectivity index (χ0n) is 21.3. The van der Waals surface area contributed by atoms with Crippen molar-refractivity contribution in [1.29, 1.82) is 0 Å². The van der Waals surface area contributed by atoms with E-state index in [2.05, 4.69) is 0 Å². The molecule has 36 heavy (non-hydrogen) atoms. The van der Waals surface area contributed by atoms with Crippen LogP contribution in [0.2, 0.25) is 0 Å². The van der Waals surface area contributed by atoms with Gasteiger partial charge in [-0.3, -0.25) is 14.4 Å². The normalized spacial score (nSPS) is 43.0. The van der Waals surface area contributed by atoms with E-state index in [1.807, 2.05) is 0 Å². The van der Waals surface area contributed by atoms with Crippen molar-refractivity contribution in [3.8, 4) is 0 Å². The highest BCUT2D eigenvalue weighted by Gasteiger charge is 2.75. The maximum absolute atomic E-state index is 17.1. The number of aliphatic hydroxyl groups is 2. The number of fused-ring (bicyclic) bond motifs is 5. The highest BCUT2D eigenvalue weighted by molar-refractivity contribution is 6.01. The molecular weight excluding hydrogens is 489 g/mol. The van der Waals surface area contributed by atoms with Crippen LogP contribution in [-0.2, 0) is 19.1 Å². The summed E-state index contributed by atoms with van der Waals surface area (Å²) in [5, 5.41) is 23.2. The van der Waals surface area contributed by atoms with E-state index in [1.165, 1.54) is 12.2 Å². The Bertz CT molecular complexity index is 985. The molecule has 4 aliphatic carbocycles. The van der Waals surface area contributed by atoms with Crippen LogP contribution in [0.4, 0.5) is 4.39 Å². The van der Waals surface area contributed by atoms with E-state index in [0.29, 0.717) is 44.2 Å². The fourth-order valence-electron chi connectivity index (χ4n) is 7.88. The van der Waals surface area contributed by atoms with E-state index < -0.39 is 58.4 Å². The Balaban J connectivity index is 0.00000361. The van der Waals surface area contributed by atoms with Crippen LogP contribution in [0.25, 0.3) is 0 Å². The van der Waals surface area contributed by atoms with Crippen LogP contribution in [0.15, 0.2) is 23.8 Å². The van der Waals surface area contributed by atoms with Crippen molar-refractivity contribution in [1.82, 2.24) is 0 Å². The number of carbonyl (C=O) groups excluding carboxylic acids is 3. The lowest BCUT2D eigenvalue weighted by atomic mass is 9.44. The fraction of sp³-hybridized carbons (Fsp3) is 0.741. The average molecular weight is 528 g/mol. The van der Waals surface area contributed by atoms with Gasteiger partial charge in [0.1, 0.15) is 5.60 Å². The molecule has 0 bridgehead atoms. The maximum Gasteiger partial charge on any atom is 0.306 e. The third-order valence-electron chi connectivity index (χ3n) is 9.85. The number of nitrogens with two attached hydrogens (primary N) is 1. The molecule has 9 heteroatoms. The van der Waals surface area contributed by atoms with E-state index in [4.69, 9.17) is 10.5 Å². The minimum absolute atomic E-state index is 0. The Morgan fingerprint density at radius 3 is 2.61 bits per heavy atom. The number of ketones is 2. The van der Waals surface area contributed by atoms with Crippen molar-refractivity contribution in [2.24, 2.45) is 34.3 Å². The highest BCUT2D eigenvalue weighted by Crippen LogP contribution is 2.70. The van der Waals surface area contributed by atoms with E-state index in [0.717, 1.165) is 0 Å². The van der Waals surface area contributed by atoms with E-state index in [-0.39, 0.29) is 36.9 Å². The number of esters is 1. The van der Waals surface area contributed by atoms with Gasteiger partial charge in [-0.25, -0.2) is 4.39 Å². The number of rotatable bonds is 7.